The molecule has 1 aromatic carbocycles. The van der Waals surface area contributed by atoms with E-state index in [1.54, 1.807) is 6.07 Å². The SMILES string of the molecule is CN(C)C1CCN(CCn2nc(-c3ccc(NC(=O)OC4CCCC4)c4c3OCO4)c3c(N)ncnc32)CC1. The molecule has 1 saturated carbocycles. The summed E-state index contributed by atoms with van der Waals surface area (Å²) in [5.74, 6) is 1.29. The lowest BCUT2D eigenvalue weighted by atomic mass is 10.0. The number of likely N-dealkylation sites (tertiary alicyclic amines) is 1. The third-order valence-electron chi connectivity index (χ3n) is 8.06. The van der Waals surface area contributed by atoms with Crippen LogP contribution >= 0.6 is 0 Å². The van der Waals surface area contributed by atoms with Crippen molar-refractivity contribution in [3.63, 3.8) is 0 Å². The van der Waals surface area contributed by atoms with Crippen molar-refractivity contribution < 1.29 is 19.0 Å². The van der Waals surface area contributed by atoms with Gasteiger partial charge in [-0.05, 0) is 77.8 Å². The van der Waals surface area contributed by atoms with Gasteiger partial charge in [-0.1, -0.05) is 0 Å². The first-order valence-electron chi connectivity index (χ1n) is 13.7. The molecule has 3 aromatic rings. The number of carbonyl (C=O) groups excluding carboxylic acids is 1. The molecule has 6 rings (SSSR count). The maximum Gasteiger partial charge on any atom is 0.412 e. The maximum atomic E-state index is 12.5. The summed E-state index contributed by atoms with van der Waals surface area (Å²) in [6, 6.07) is 4.26. The lowest BCUT2D eigenvalue weighted by molar-refractivity contribution is 0.114. The summed E-state index contributed by atoms with van der Waals surface area (Å²) in [6.07, 6.45) is 7.23. The Kier molecular flexibility index (Phi) is 7.13. The number of carbonyl (C=O) groups is 1. The van der Waals surface area contributed by atoms with Crippen LogP contribution in [0.4, 0.5) is 16.3 Å². The number of nitrogens with one attached hydrogen (secondary N) is 1. The van der Waals surface area contributed by atoms with Gasteiger partial charge in [0.1, 0.15) is 23.9 Å². The van der Waals surface area contributed by atoms with Crippen LogP contribution < -0.4 is 20.5 Å². The predicted octanol–water partition coefficient (Wildman–Crippen LogP) is 3.32. The van der Waals surface area contributed by atoms with Crippen molar-refractivity contribution in [1.29, 1.82) is 0 Å². The number of amides is 1. The van der Waals surface area contributed by atoms with Crippen LogP contribution in [0, 0.1) is 0 Å². The fraction of sp³-hybridized carbons (Fsp3) is 0.556. The van der Waals surface area contributed by atoms with Crippen LogP contribution in [0.5, 0.6) is 11.5 Å². The Morgan fingerprint density at radius 3 is 2.64 bits per heavy atom. The number of fused-ring (bicyclic) bond motifs is 2. The van der Waals surface area contributed by atoms with Crippen molar-refractivity contribution in [3.05, 3.63) is 18.5 Å². The van der Waals surface area contributed by atoms with Crippen molar-refractivity contribution in [1.82, 2.24) is 29.5 Å². The number of benzene rings is 1. The molecule has 2 aliphatic heterocycles. The van der Waals surface area contributed by atoms with Crippen molar-refractivity contribution >= 4 is 28.6 Å². The summed E-state index contributed by atoms with van der Waals surface area (Å²) in [6.45, 7) is 3.69. The second kappa shape index (κ2) is 10.9. The summed E-state index contributed by atoms with van der Waals surface area (Å²) in [4.78, 5) is 26.1. The number of aromatic nitrogens is 4. The molecule has 0 bridgehead atoms. The number of nitrogen functional groups attached to an aromatic ring is 1. The highest BCUT2D eigenvalue weighted by Gasteiger charge is 2.29. The van der Waals surface area contributed by atoms with Crippen LogP contribution in [0.2, 0.25) is 0 Å². The van der Waals surface area contributed by atoms with E-state index in [9.17, 15) is 4.79 Å². The Labute approximate surface area is 227 Å². The number of hydrogen-bond donors (Lipinski definition) is 2. The number of nitrogens with two attached hydrogens (primary N) is 1. The Balaban J connectivity index is 1.25. The van der Waals surface area contributed by atoms with Crippen LogP contribution in [0.3, 0.4) is 0 Å². The summed E-state index contributed by atoms with van der Waals surface area (Å²) in [5, 5.41) is 8.42. The van der Waals surface area contributed by atoms with Crippen molar-refractivity contribution in [3.8, 4) is 22.8 Å². The number of hydrogen-bond acceptors (Lipinski definition) is 10. The molecule has 208 valence electrons. The second-order valence-electron chi connectivity index (χ2n) is 10.7. The van der Waals surface area contributed by atoms with Crippen LogP contribution in [-0.4, -0.2) is 88.3 Å². The largest absolute Gasteiger partial charge is 0.453 e. The molecule has 1 aliphatic carbocycles. The highest BCUT2D eigenvalue weighted by molar-refractivity contribution is 6.01. The van der Waals surface area contributed by atoms with Gasteiger partial charge in [-0.2, -0.15) is 5.10 Å². The minimum atomic E-state index is -0.491. The Morgan fingerprint density at radius 2 is 1.87 bits per heavy atom. The fourth-order valence-corrected chi connectivity index (χ4v) is 5.85. The molecule has 1 saturated heterocycles. The molecule has 4 heterocycles. The van der Waals surface area contributed by atoms with Gasteiger partial charge in [0.15, 0.2) is 17.1 Å². The normalized spacial score (nSPS) is 18.3. The highest BCUT2D eigenvalue weighted by Crippen LogP contribution is 2.47. The highest BCUT2D eigenvalue weighted by atomic mass is 16.7. The van der Waals surface area contributed by atoms with Gasteiger partial charge in [0, 0.05) is 18.2 Å². The minimum absolute atomic E-state index is 0.0340. The predicted molar refractivity (Wildman–Crippen MR) is 147 cm³/mol. The van der Waals surface area contributed by atoms with Gasteiger partial charge in [-0.25, -0.2) is 19.4 Å². The summed E-state index contributed by atoms with van der Waals surface area (Å²) in [7, 11) is 4.30. The van der Waals surface area contributed by atoms with E-state index >= 15 is 0 Å². The molecule has 3 N–H and O–H groups in total. The van der Waals surface area contributed by atoms with Gasteiger partial charge in [0.05, 0.1) is 17.6 Å². The zero-order valence-corrected chi connectivity index (χ0v) is 22.6. The van der Waals surface area contributed by atoms with E-state index < -0.39 is 6.09 Å². The van der Waals surface area contributed by atoms with E-state index in [1.807, 2.05) is 10.7 Å². The molecule has 1 amide bonds. The van der Waals surface area contributed by atoms with E-state index in [0.717, 1.165) is 58.2 Å². The fourth-order valence-electron chi connectivity index (χ4n) is 5.85. The van der Waals surface area contributed by atoms with E-state index in [0.29, 0.717) is 57.9 Å². The standard InChI is InChI=1S/C27H36N8O4/c1-33(2)17-9-11-34(12-10-17)13-14-35-26-21(25(28)29-15-30-26)22(32-35)19-7-8-20(24-23(19)37-16-38-24)31-27(36)39-18-5-3-4-6-18/h7-8,15,17-18H,3-6,9-14,16H2,1-2H3,(H,31,36)(H2,28,29,30). The number of piperidine rings is 1. The van der Waals surface area contributed by atoms with Crippen LogP contribution in [0.15, 0.2) is 18.5 Å². The van der Waals surface area contributed by atoms with E-state index in [-0.39, 0.29) is 12.9 Å². The van der Waals surface area contributed by atoms with Gasteiger partial charge in [-0.3, -0.25) is 5.32 Å². The smallest absolute Gasteiger partial charge is 0.412 e. The van der Waals surface area contributed by atoms with Crippen molar-refractivity contribution in [2.24, 2.45) is 0 Å². The third-order valence-corrected chi connectivity index (χ3v) is 8.06. The average molecular weight is 537 g/mol. The first-order valence-corrected chi connectivity index (χ1v) is 13.7. The Morgan fingerprint density at radius 1 is 1.10 bits per heavy atom. The summed E-state index contributed by atoms with van der Waals surface area (Å²) in [5.41, 5.74) is 8.83. The van der Waals surface area contributed by atoms with E-state index in [4.69, 9.17) is 25.0 Å². The maximum absolute atomic E-state index is 12.5. The van der Waals surface area contributed by atoms with Gasteiger partial charge in [0.2, 0.25) is 6.79 Å². The topological polar surface area (TPSA) is 133 Å². The first-order chi connectivity index (χ1) is 19.0. The van der Waals surface area contributed by atoms with Gasteiger partial charge in [0.25, 0.3) is 0 Å². The zero-order valence-electron chi connectivity index (χ0n) is 22.6. The third kappa shape index (κ3) is 5.18. The Bertz CT molecular complexity index is 1350. The van der Waals surface area contributed by atoms with Gasteiger partial charge in [-0.15, -0.1) is 0 Å². The molecule has 12 nitrogen and oxygen atoms in total. The molecular formula is C27H36N8O4. The first kappa shape index (κ1) is 25.6. The quantitative estimate of drug-likeness (QED) is 0.463. The van der Waals surface area contributed by atoms with Gasteiger partial charge < -0.3 is 29.7 Å². The number of nitrogens with zero attached hydrogens (tertiary/aromatic N) is 6. The molecule has 0 unspecified atom stereocenters. The average Bonchev–Trinajstić information content (AvgIpc) is 3.69. The molecule has 39 heavy (non-hydrogen) atoms. The number of rotatable bonds is 7. The van der Waals surface area contributed by atoms with Gasteiger partial charge >= 0.3 is 6.09 Å². The molecule has 2 aromatic heterocycles. The molecule has 0 atom stereocenters. The minimum Gasteiger partial charge on any atom is -0.453 e. The molecule has 0 spiro atoms. The van der Waals surface area contributed by atoms with Crippen LogP contribution in [0.25, 0.3) is 22.3 Å². The molecule has 2 fully saturated rings. The number of anilines is 2. The zero-order chi connectivity index (χ0) is 26.9. The van der Waals surface area contributed by atoms with Crippen molar-refractivity contribution in [2.45, 2.75) is 57.2 Å². The second-order valence-corrected chi connectivity index (χ2v) is 10.7. The van der Waals surface area contributed by atoms with Crippen molar-refractivity contribution in [2.75, 3.05) is 51.6 Å². The summed E-state index contributed by atoms with van der Waals surface area (Å²) >= 11 is 0. The van der Waals surface area contributed by atoms with Crippen LogP contribution in [-0.2, 0) is 11.3 Å². The molecule has 3 aliphatic rings. The molecule has 0 radical (unpaired) electrons. The molecule has 12 heteroatoms. The molecular weight excluding hydrogens is 500 g/mol. The Hall–Kier alpha value is -3.64. The summed E-state index contributed by atoms with van der Waals surface area (Å²) < 4.78 is 19.1. The lowest BCUT2D eigenvalue weighted by Gasteiger charge is -2.35. The van der Waals surface area contributed by atoms with E-state index in [2.05, 4.69) is 39.2 Å². The monoisotopic (exact) mass is 536 g/mol. The lowest BCUT2D eigenvalue weighted by Crippen LogP contribution is -2.42. The van der Waals surface area contributed by atoms with E-state index in [1.165, 1.54) is 6.33 Å². The number of ether oxygens (including phenoxy) is 3. The van der Waals surface area contributed by atoms with Crippen LogP contribution in [0.1, 0.15) is 38.5 Å².